The second-order valence-electron chi connectivity index (χ2n) is 1.78. The lowest BCUT2D eigenvalue weighted by Crippen LogP contribution is -1.87. The van der Waals surface area contributed by atoms with E-state index in [1.165, 1.54) is 0 Å². The zero-order valence-electron chi connectivity index (χ0n) is 5.56. The Balaban J connectivity index is 2.74. The van der Waals surface area contributed by atoms with Gasteiger partial charge in [-0.05, 0) is 24.3 Å². The number of ether oxygens (including phenoxy) is 1. The molecule has 0 aromatic heterocycles. The molecule has 0 fully saturated rings. The van der Waals surface area contributed by atoms with E-state index < -0.39 is 0 Å². The van der Waals surface area contributed by atoms with Gasteiger partial charge in [0.2, 0.25) is 0 Å². The smallest absolute Gasteiger partial charge is 0.298 e. The minimum absolute atomic E-state index is 0.372. The highest BCUT2D eigenvalue weighted by Crippen LogP contribution is 2.17. The molecule has 0 atom stereocenters. The maximum atomic E-state index is 9.86. The largest absolute Gasteiger partial charge is 0.429 e. The molecular formula is C7H6O3S. The molecule has 0 spiro atoms. The molecule has 0 aliphatic heterocycles. The molecule has 0 saturated carbocycles. The number of hydrogen-bond donors (Lipinski definition) is 1. The minimum atomic E-state index is 0.372. The van der Waals surface area contributed by atoms with Crippen molar-refractivity contribution >= 4 is 19.4 Å². The minimum Gasteiger partial charge on any atom is -0.429 e. The Kier molecular flexibility index (Phi) is 2.80. The van der Waals surface area contributed by atoms with Crippen molar-refractivity contribution in [1.82, 2.24) is 0 Å². The molecule has 11 heavy (non-hydrogen) atoms. The van der Waals surface area contributed by atoms with Gasteiger partial charge in [-0.25, -0.2) is 0 Å². The van der Waals surface area contributed by atoms with Gasteiger partial charge in [0.05, 0.1) is 0 Å². The standard InChI is InChI=1S/C7H6O3S/c8-5-9-6-1-3-7(10-11)4-2-6/h1-5,11H. The molecule has 0 N–H and O–H groups in total. The van der Waals surface area contributed by atoms with Crippen LogP contribution in [0.2, 0.25) is 0 Å². The summed E-state index contributed by atoms with van der Waals surface area (Å²) in [4.78, 5) is 9.86. The van der Waals surface area contributed by atoms with E-state index >= 15 is 0 Å². The van der Waals surface area contributed by atoms with Crippen molar-refractivity contribution in [3.05, 3.63) is 24.3 Å². The number of thiol groups is 1. The van der Waals surface area contributed by atoms with Crippen LogP contribution in [0.3, 0.4) is 0 Å². The van der Waals surface area contributed by atoms with E-state index in [0.29, 0.717) is 18.0 Å². The Morgan fingerprint density at radius 1 is 1.18 bits per heavy atom. The summed E-state index contributed by atoms with van der Waals surface area (Å²) in [5.74, 6) is 1.08. The van der Waals surface area contributed by atoms with Crippen LogP contribution in [0.15, 0.2) is 24.3 Å². The highest BCUT2D eigenvalue weighted by molar-refractivity contribution is 7.75. The summed E-state index contributed by atoms with van der Waals surface area (Å²) >= 11 is 3.59. The van der Waals surface area contributed by atoms with Crippen LogP contribution in [-0.2, 0) is 4.79 Å². The molecule has 1 aromatic rings. The van der Waals surface area contributed by atoms with Gasteiger partial charge in [-0.3, -0.25) is 4.79 Å². The van der Waals surface area contributed by atoms with Crippen molar-refractivity contribution in [2.24, 2.45) is 0 Å². The third kappa shape index (κ3) is 2.16. The van der Waals surface area contributed by atoms with Crippen molar-refractivity contribution < 1.29 is 13.7 Å². The zero-order valence-corrected chi connectivity index (χ0v) is 6.45. The van der Waals surface area contributed by atoms with Crippen LogP contribution in [0, 0.1) is 0 Å². The molecule has 4 heteroatoms. The highest BCUT2D eigenvalue weighted by atomic mass is 32.1. The topological polar surface area (TPSA) is 35.5 Å². The number of carbonyl (C=O) groups excluding carboxylic acids is 1. The first-order chi connectivity index (χ1) is 5.36. The second-order valence-corrected chi connectivity index (χ2v) is 1.96. The molecule has 1 rings (SSSR count). The molecule has 3 nitrogen and oxygen atoms in total. The highest BCUT2D eigenvalue weighted by Gasteiger charge is 1.92. The van der Waals surface area contributed by atoms with Gasteiger partial charge >= 0.3 is 0 Å². The lowest BCUT2D eigenvalue weighted by Gasteiger charge is -1.98. The normalized spacial score (nSPS) is 8.82. The molecule has 1 aromatic carbocycles. The van der Waals surface area contributed by atoms with Crippen molar-refractivity contribution in [2.45, 2.75) is 0 Å². The quantitative estimate of drug-likeness (QED) is 0.423. The van der Waals surface area contributed by atoms with Crippen LogP contribution in [0.5, 0.6) is 11.5 Å². The Hall–Kier alpha value is -1.16. The third-order valence-corrected chi connectivity index (χ3v) is 1.32. The van der Waals surface area contributed by atoms with E-state index in [9.17, 15) is 4.79 Å². The second kappa shape index (κ2) is 3.88. The van der Waals surface area contributed by atoms with Crippen LogP contribution < -0.4 is 8.92 Å². The van der Waals surface area contributed by atoms with Crippen LogP contribution in [0.25, 0.3) is 0 Å². The zero-order chi connectivity index (χ0) is 8.10. The van der Waals surface area contributed by atoms with Crippen LogP contribution in [-0.4, -0.2) is 6.47 Å². The first kappa shape index (κ1) is 7.94. The van der Waals surface area contributed by atoms with Crippen LogP contribution in [0.1, 0.15) is 0 Å². The van der Waals surface area contributed by atoms with E-state index in [0.717, 1.165) is 0 Å². The molecule has 0 aliphatic rings. The number of carbonyl (C=O) groups is 1. The first-order valence-electron chi connectivity index (χ1n) is 2.88. The fourth-order valence-corrected chi connectivity index (χ4v) is 0.756. The Bertz CT molecular complexity index is 232. The maximum absolute atomic E-state index is 9.86. The number of rotatable bonds is 3. The SMILES string of the molecule is O=COc1ccc(OS)cc1. The van der Waals surface area contributed by atoms with Gasteiger partial charge in [-0.15, -0.1) is 0 Å². The predicted molar refractivity (Wildman–Crippen MR) is 42.7 cm³/mol. The summed E-state index contributed by atoms with van der Waals surface area (Å²) in [5, 5.41) is 0. The van der Waals surface area contributed by atoms with E-state index in [2.05, 4.69) is 21.8 Å². The molecular weight excluding hydrogens is 164 g/mol. The number of hydrogen-bond acceptors (Lipinski definition) is 4. The molecule has 0 amide bonds. The lowest BCUT2D eigenvalue weighted by molar-refractivity contribution is -0.120. The Morgan fingerprint density at radius 2 is 1.73 bits per heavy atom. The van der Waals surface area contributed by atoms with E-state index in [1.54, 1.807) is 24.3 Å². The first-order valence-corrected chi connectivity index (χ1v) is 3.25. The molecule has 0 heterocycles. The fraction of sp³-hybridized carbons (Fsp3) is 0. The lowest BCUT2D eigenvalue weighted by atomic mass is 10.3. The maximum Gasteiger partial charge on any atom is 0.298 e. The summed E-state index contributed by atoms with van der Waals surface area (Å²) in [6.45, 7) is 0.372. The summed E-state index contributed by atoms with van der Waals surface area (Å²) in [6.07, 6.45) is 0. The van der Waals surface area contributed by atoms with Gasteiger partial charge in [-0.1, -0.05) is 0 Å². The van der Waals surface area contributed by atoms with Crippen LogP contribution >= 0.6 is 12.9 Å². The van der Waals surface area contributed by atoms with Crippen molar-refractivity contribution in [3.8, 4) is 11.5 Å². The molecule has 0 radical (unpaired) electrons. The molecule has 58 valence electrons. The molecule has 0 unspecified atom stereocenters. The average molecular weight is 170 g/mol. The van der Waals surface area contributed by atoms with Crippen molar-refractivity contribution in [1.29, 1.82) is 0 Å². The summed E-state index contributed by atoms with van der Waals surface area (Å²) < 4.78 is 9.14. The van der Waals surface area contributed by atoms with Gasteiger partial charge in [0, 0.05) is 12.9 Å². The van der Waals surface area contributed by atoms with E-state index in [1.807, 2.05) is 0 Å². The van der Waals surface area contributed by atoms with Crippen molar-refractivity contribution in [3.63, 3.8) is 0 Å². The van der Waals surface area contributed by atoms with Gasteiger partial charge in [0.25, 0.3) is 6.47 Å². The van der Waals surface area contributed by atoms with E-state index in [4.69, 9.17) is 0 Å². The summed E-state index contributed by atoms with van der Waals surface area (Å²) in [5.41, 5.74) is 0. The monoisotopic (exact) mass is 170 g/mol. The number of benzene rings is 1. The van der Waals surface area contributed by atoms with Crippen molar-refractivity contribution in [2.75, 3.05) is 0 Å². The van der Waals surface area contributed by atoms with Gasteiger partial charge < -0.3 is 8.92 Å². The third-order valence-electron chi connectivity index (χ3n) is 1.11. The molecule has 0 saturated heterocycles. The Labute approximate surface area is 69.5 Å². The summed E-state index contributed by atoms with van der Waals surface area (Å²) in [6, 6.07) is 6.51. The van der Waals surface area contributed by atoms with E-state index in [-0.39, 0.29) is 0 Å². The van der Waals surface area contributed by atoms with Gasteiger partial charge in [0.1, 0.15) is 11.5 Å². The van der Waals surface area contributed by atoms with Gasteiger partial charge in [-0.2, -0.15) is 0 Å². The summed E-state index contributed by atoms with van der Waals surface area (Å²) in [7, 11) is 0. The molecule has 0 bridgehead atoms. The fourth-order valence-electron chi connectivity index (χ4n) is 0.635. The predicted octanol–water partition coefficient (Wildman–Crippen LogP) is 1.45. The van der Waals surface area contributed by atoms with Gasteiger partial charge in [0.15, 0.2) is 0 Å². The van der Waals surface area contributed by atoms with Crippen LogP contribution in [0.4, 0.5) is 0 Å². The molecule has 0 aliphatic carbocycles. The Morgan fingerprint density at radius 3 is 2.18 bits per heavy atom. The average Bonchev–Trinajstić information content (AvgIpc) is 2.07.